The molecule has 8 nitrogen and oxygen atoms in total. The van der Waals surface area contributed by atoms with E-state index in [1.165, 1.54) is 23.0 Å². The van der Waals surface area contributed by atoms with Crippen LogP contribution in [-0.2, 0) is 17.9 Å². The molecular weight excluding hydrogens is 394 g/mol. The van der Waals surface area contributed by atoms with Crippen molar-refractivity contribution in [3.63, 3.8) is 0 Å². The zero-order valence-electron chi connectivity index (χ0n) is 15.4. The summed E-state index contributed by atoms with van der Waals surface area (Å²) in [7, 11) is 1.53. The summed E-state index contributed by atoms with van der Waals surface area (Å²) in [6.07, 6.45) is 1.68. The van der Waals surface area contributed by atoms with E-state index in [2.05, 4.69) is 22.5 Å². The van der Waals surface area contributed by atoms with Gasteiger partial charge in [-0.1, -0.05) is 11.8 Å². The van der Waals surface area contributed by atoms with Crippen LogP contribution in [0.2, 0.25) is 0 Å². The molecule has 0 aliphatic carbocycles. The summed E-state index contributed by atoms with van der Waals surface area (Å²) in [4.78, 5) is 25.8. The molecule has 4 rings (SSSR count). The van der Waals surface area contributed by atoms with Crippen LogP contribution in [0.1, 0.15) is 9.75 Å². The standard InChI is InChI=1S/C20H17N3O5S/c1-28-13-3-2-12-9-23(17(25)16(12)8-13)11-20(18(26)21-19(27)22-20)7-6-14-4-5-15(10-24)29-14/h2-5,8-9,24-25H,10-11H2,1H3,(H2,21,22,26,27)/t20-/m1/s1. The summed E-state index contributed by atoms with van der Waals surface area (Å²) in [6, 6.07) is 8.07. The van der Waals surface area contributed by atoms with Gasteiger partial charge in [0.05, 0.1) is 25.1 Å². The third-order valence-corrected chi connectivity index (χ3v) is 5.62. The second-order valence-electron chi connectivity index (χ2n) is 6.52. The molecule has 3 heterocycles. The molecule has 1 aliphatic heterocycles. The molecule has 0 unspecified atom stereocenters. The highest BCUT2D eigenvalue weighted by Crippen LogP contribution is 2.32. The average molecular weight is 411 g/mol. The molecule has 1 aliphatic rings. The number of imide groups is 1. The van der Waals surface area contributed by atoms with Crippen molar-refractivity contribution in [3.05, 3.63) is 46.3 Å². The van der Waals surface area contributed by atoms with Crippen LogP contribution in [-0.4, -0.2) is 39.4 Å². The number of amides is 3. The zero-order valence-corrected chi connectivity index (χ0v) is 16.2. The van der Waals surface area contributed by atoms with Crippen molar-refractivity contribution in [2.75, 3.05) is 7.11 Å². The third kappa shape index (κ3) is 3.40. The minimum Gasteiger partial charge on any atom is -0.497 e. The van der Waals surface area contributed by atoms with Crippen LogP contribution in [0, 0.1) is 11.8 Å². The van der Waals surface area contributed by atoms with Crippen molar-refractivity contribution < 1.29 is 24.5 Å². The van der Waals surface area contributed by atoms with E-state index in [0.29, 0.717) is 16.0 Å². The van der Waals surface area contributed by atoms with Gasteiger partial charge >= 0.3 is 6.03 Å². The number of aromatic nitrogens is 1. The minimum atomic E-state index is -1.54. The van der Waals surface area contributed by atoms with Crippen molar-refractivity contribution in [1.29, 1.82) is 0 Å². The van der Waals surface area contributed by atoms with Gasteiger partial charge in [0.25, 0.3) is 5.91 Å². The second kappa shape index (κ2) is 7.16. The minimum absolute atomic E-state index is 0.0623. The lowest BCUT2D eigenvalue weighted by atomic mass is 10.0. The number of aromatic hydroxyl groups is 1. The Bertz CT molecular complexity index is 1190. The summed E-state index contributed by atoms with van der Waals surface area (Å²) in [5.74, 6) is 5.67. The predicted octanol–water partition coefficient (Wildman–Crippen LogP) is 1.54. The van der Waals surface area contributed by atoms with Crippen LogP contribution >= 0.6 is 11.3 Å². The van der Waals surface area contributed by atoms with Gasteiger partial charge in [0.2, 0.25) is 5.54 Å². The van der Waals surface area contributed by atoms with Crippen molar-refractivity contribution >= 4 is 34.0 Å². The maximum absolute atomic E-state index is 12.6. The van der Waals surface area contributed by atoms with E-state index >= 15 is 0 Å². The number of aliphatic hydroxyl groups excluding tert-OH is 1. The molecule has 0 bridgehead atoms. The summed E-state index contributed by atoms with van der Waals surface area (Å²) >= 11 is 1.30. The Morgan fingerprint density at radius 3 is 2.76 bits per heavy atom. The number of urea groups is 1. The highest BCUT2D eigenvalue weighted by Gasteiger charge is 2.46. The fourth-order valence-corrected chi connectivity index (χ4v) is 3.88. The molecule has 2 aromatic heterocycles. The highest BCUT2D eigenvalue weighted by molar-refractivity contribution is 7.12. The summed E-state index contributed by atoms with van der Waals surface area (Å²) in [5.41, 5.74) is -1.54. The lowest BCUT2D eigenvalue weighted by Crippen LogP contribution is -2.49. The van der Waals surface area contributed by atoms with Gasteiger partial charge in [0.1, 0.15) is 5.75 Å². The number of rotatable bonds is 4. The zero-order chi connectivity index (χ0) is 20.6. The van der Waals surface area contributed by atoms with E-state index in [9.17, 15) is 19.8 Å². The number of aliphatic hydroxyl groups is 1. The summed E-state index contributed by atoms with van der Waals surface area (Å²) in [6.45, 7) is -0.180. The van der Waals surface area contributed by atoms with Gasteiger partial charge in [-0.3, -0.25) is 10.1 Å². The van der Waals surface area contributed by atoms with E-state index in [-0.39, 0.29) is 19.0 Å². The Kier molecular flexibility index (Phi) is 4.66. The monoisotopic (exact) mass is 411 g/mol. The highest BCUT2D eigenvalue weighted by atomic mass is 32.1. The quantitative estimate of drug-likeness (QED) is 0.384. The molecule has 9 heteroatoms. The first-order chi connectivity index (χ1) is 13.9. The molecule has 0 saturated carbocycles. The van der Waals surface area contributed by atoms with Crippen LogP contribution in [0.25, 0.3) is 10.8 Å². The van der Waals surface area contributed by atoms with Gasteiger partial charge in [-0.2, -0.15) is 0 Å². The Morgan fingerprint density at radius 2 is 2.10 bits per heavy atom. The number of thiophene rings is 1. The number of fused-ring (bicyclic) bond motifs is 1. The van der Waals surface area contributed by atoms with Gasteiger partial charge in [-0.05, 0) is 30.3 Å². The summed E-state index contributed by atoms with van der Waals surface area (Å²) in [5, 5.41) is 25.9. The fourth-order valence-electron chi connectivity index (χ4n) is 3.16. The molecule has 148 valence electrons. The molecule has 1 fully saturated rings. The Labute approximate surface area is 169 Å². The van der Waals surface area contributed by atoms with E-state index < -0.39 is 17.5 Å². The van der Waals surface area contributed by atoms with E-state index in [4.69, 9.17) is 4.74 Å². The topological polar surface area (TPSA) is 113 Å². The van der Waals surface area contributed by atoms with Crippen LogP contribution < -0.4 is 15.4 Å². The lowest BCUT2D eigenvalue weighted by Gasteiger charge is -2.20. The maximum Gasteiger partial charge on any atom is 0.323 e. The van der Waals surface area contributed by atoms with E-state index in [1.807, 2.05) is 0 Å². The predicted molar refractivity (Wildman–Crippen MR) is 107 cm³/mol. The van der Waals surface area contributed by atoms with Crippen molar-refractivity contribution in [2.24, 2.45) is 0 Å². The first kappa shape index (κ1) is 18.9. The Hall–Kier alpha value is -3.48. The number of nitrogens with one attached hydrogen (secondary N) is 2. The molecule has 3 amide bonds. The number of ether oxygens (including phenoxy) is 1. The normalized spacial score (nSPS) is 18.3. The second-order valence-corrected chi connectivity index (χ2v) is 7.69. The fraction of sp³-hybridized carbons (Fsp3) is 0.200. The number of benzene rings is 1. The largest absolute Gasteiger partial charge is 0.497 e. The van der Waals surface area contributed by atoms with Gasteiger partial charge in [0.15, 0.2) is 5.88 Å². The molecule has 1 aromatic carbocycles. The molecule has 4 N–H and O–H groups in total. The first-order valence-corrected chi connectivity index (χ1v) is 9.48. The Balaban J connectivity index is 1.74. The summed E-state index contributed by atoms with van der Waals surface area (Å²) < 4.78 is 6.66. The molecule has 3 aromatic rings. The molecule has 29 heavy (non-hydrogen) atoms. The Morgan fingerprint density at radius 1 is 1.28 bits per heavy atom. The molecular formula is C20H17N3O5S. The van der Waals surface area contributed by atoms with Crippen molar-refractivity contribution in [3.8, 4) is 23.5 Å². The smallest absolute Gasteiger partial charge is 0.323 e. The molecule has 1 atom stereocenters. The first-order valence-electron chi connectivity index (χ1n) is 8.66. The number of hydrogen-bond acceptors (Lipinski definition) is 6. The lowest BCUT2D eigenvalue weighted by molar-refractivity contribution is -0.122. The van der Waals surface area contributed by atoms with Gasteiger partial charge in [0, 0.05) is 21.8 Å². The number of nitrogens with zero attached hydrogens (tertiary/aromatic N) is 1. The SMILES string of the molecule is COc1ccc2cn(C[C@@]3(C#Cc4ccc(CO)s4)NC(=O)NC3=O)c(O)c2c1. The number of methoxy groups -OCH3 is 1. The van der Waals surface area contributed by atoms with Gasteiger partial charge < -0.3 is 24.8 Å². The van der Waals surface area contributed by atoms with Crippen LogP contribution in [0.4, 0.5) is 4.79 Å². The number of carbonyl (C=O) groups is 2. The van der Waals surface area contributed by atoms with Crippen LogP contribution in [0.3, 0.4) is 0 Å². The van der Waals surface area contributed by atoms with Gasteiger partial charge in [-0.15, -0.1) is 11.3 Å². The van der Waals surface area contributed by atoms with E-state index in [0.717, 1.165) is 10.3 Å². The van der Waals surface area contributed by atoms with Crippen molar-refractivity contribution in [1.82, 2.24) is 15.2 Å². The van der Waals surface area contributed by atoms with Crippen LogP contribution in [0.5, 0.6) is 11.6 Å². The molecule has 0 spiro atoms. The van der Waals surface area contributed by atoms with Crippen LogP contribution in [0.15, 0.2) is 36.5 Å². The average Bonchev–Trinajstić information content (AvgIpc) is 3.37. The van der Waals surface area contributed by atoms with E-state index in [1.54, 1.807) is 36.5 Å². The van der Waals surface area contributed by atoms with Gasteiger partial charge in [-0.25, -0.2) is 4.79 Å². The van der Waals surface area contributed by atoms with Crippen molar-refractivity contribution in [2.45, 2.75) is 18.7 Å². The number of carbonyl (C=O) groups excluding carboxylic acids is 2. The molecule has 0 radical (unpaired) electrons. The maximum atomic E-state index is 12.6. The molecule has 1 saturated heterocycles. The third-order valence-electron chi connectivity index (χ3n) is 4.63. The number of hydrogen-bond donors (Lipinski definition) is 4.